The molecule has 1 amide bonds. The number of carbonyl (C=O) groups is 2. The maximum Gasteiger partial charge on any atom is 0.335 e. The van der Waals surface area contributed by atoms with Crippen molar-refractivity contribution in [3.05, 3.63) is 56.3 Å². The summed E-state index contributed by atoms with van der Waals surface area (Å²) in [4.78, 5) is 33.7. The number of benzene rings is 1. The number of hydrogen-bond acceptors (Lipinski definition) is 5. The van der Waals surface area contributed by atoms with Crippen molar-refractivity contribution in [2.45, 2.75) is 6.42 Å². The number of hydrogen-bond donors (Lipinski definition) is 2. The van der Waals surface area contributed by atoms with Crippen LogP contribution >= 0.6 is 11.3 Å². The number of anilines is 1. The fourth-order valence-electron chi connectivity index (χ4n) is 1.69. The Balaban J connectivity index is 2.21. The van der Waals surface area contributed by atoms with E-state index in [1.807, 2.05) is 5.38 Å². The van der Waals surface area contributed by atoms with E-state index in [4.69, 9.17) is 5.11 Å². The van der Waals surface area contributed by atoms with Crippen molar-refractivity contribution in [1.82, 2.24) is 0 Å². The van der Waals surface area contributed by atoms with Crippen molar-refractivity contribution < 1.29 is 19.6 Å². The topological polar surface area (TPSA) is 110 Å². The number of thiophene rings is 1. The first-order valence-corrected chi connectivity index (χ1v) is 6.69. The standard InChI is InChI=1S/C13H10N2O5S/c16-12(7-9-2-1-5-21-9)14-10-4-3-8(13(17)18)6-11(10)15(19)20/h1-6H,7H2,(H,14,16)(H,17,18). The third-order valence-electron chi connectivity index (χ3n) is 2.63. The summed E-state index contributed by atoms with van der Waals surface area (Å²) >= 11 is 1.41. The molecule has 0 unspecified atom stereocenters. The van der Waals surface area contributed by atoms with Crippen molar-refractivity contribution in [2.75, 3.05) is 5.32 Å². The maximum atomic E-state index is 11.8. The lowest BCUT2D eigenvalue weighted by molar-refractivity contribution is -0.384. The molecule has 0 saturated heterocycles. The van der Waals surface area contributed by atoms with Gasteiger partial charge in [-0.05, 0) is 23.6 Å². The number of amides is 1. The smallest absolute Gasteiger partial charge is 0.335 e. The molecule has 1 aromatic heterocycles. The molecule has 0 aliphatic heterocycles. The second-order valence-corrected chi connectivity index (χ2v) is 5.13. The number of carbonyl (C=O) groups excluding carboxylic acids is 1. The molecular formula is C13H10N2O5S. The largest absolute Gasteiger partial charge is 0.478 e. The molecule has 0 saturated carbocycles. The van der Waals surface area contributed by atoms with Crippen LogP contribution in [0.4, 0.5) is 11.4 Å². The van der Waals surface area contributed by atoms with E-state index in [0.29, 0.717) is 0 Å². The normalized spacial score (nSPS) is 10.1. The average molecular weight is 306 g/mol. The van der Waals surface area contributed by atoms with Crippen LogP contribution in [0.5, 0.6) is 0 Å². The third kappa shape index (κ3) is 3.63. The van der Waals surface area contributed by atoms with Gasteiger partial charge in [0.1, 0.15) is 5.69 Å². The second-order valence-electron chi connectivity index (χ2n) is 4.10. The molecule has 0 aliphatic rings. The molecule has 108 valence electrons. The minimum absolute atomic E-state index is 0.0217. The molecule has 0 radical (unpaired) electrons. The predicted molar refractivity (Wildman–Crippen MR) is 76.7 cm³/mol. The van der Waals surface area contributed by atoms with Gasteiger partial charge >= 0.3 is 5.97 Å². The van der Waals surface area contributed by atoms with E-state index in [1.165, 1.54) is 23.5 Å². The zero-order valence-electron chi connectivity index (χ0n) is 10.6. The van der Waals surface area contributed by atoms with E-state index >= 15 is 0 Å². The molecule has 0 spiro atoms. The van der Waals surface area contributed by atoms with Crippen LogP contribution in [0, 0.1) is 10.1 Å². The second kappa shape index (κ2) is 6.14. The minimum atomic E-state index is -1.27. The van der Waals surface area contributed by atoms with Gasteiger partial charge in [-0.25, -0.2) is 4.79 Å². The van der Waals surface area contributed by atoms with E-state index in [1.54, 1.807) is 12.1 Å². The number of aromatic carboxylic acids is 1. The Bertz CT molecular complexity index is 697. The first-order valence-electron chi connectivity index (χ1n) is 5.81. The fraction of sp³-hybridized carbons (Fsp3) is 0.0769. The van der Waals surface area contributed by atoms with Crippen molar-refractivity contribution in [2.24, 2.45) is 0 Å². The van der Waals surface area contributed by atoms with Gasteiger partial charge in [-0.3, -0.25) is 14.9 Å². The molecule has 2 rings (SSSR count). The summed E-state index contributed by atoms with van der Waals surface area (Å²) in [6.45, 7) is 0. The summed E-state index contributed by atoms with van der Waals surface area (Å²) in [7, 11) is 0. The average Bonchev–Trinajstić information content (AvgIpc) is 2.91. The fourth-order valence-corrected chi connectivity index (χ4v) is 2.39. The number of carboxylic acids is 1. The van der Waals surface area contributed by atoms with Crippen LogP contribution in [0.25, 0.3) is 0 Å². The van der Waals surface area contributed by atoms with Crippen molar-refractivity contribution in [3.63, 3.8) is 0 Å². The Labute approximate surface area is 123 Å². The molecule has 0 aliphatic carbocycles. The zero-order valence-corrected chi connectivity index (χ0v) is 11.4. The summed E-state index contributed by atoms with van der Waals surface area (Å²) in [6, 6.07) is 6.93. The third-order valence-corrected chi connectivity index (χ3v) is 3.51. The summed E-state index contributed by atoms with van der Waals surface area (Å²) in [6.07, 6.45) is 0.107. The minimum Gasteiger partial charge on any atom is -0.478 e. The van der Waals surface area contributed by atoms with E-state index < -0.39 is 22.5 Å². The van der Waals surface area contributed by atoms with Crippen molar-refractivity contribution in [1.29, 1.82) is 0 Å². The van der Waals surface area contributed by atoms with Crippen LogP contribution in [0.1, 0.15) is 15.2 Å². The Kier molecular flexibility index (Phi) is 4.29. The van der Waals surface area contributed by atoms with Crippen LogP contribution in [0.3, 0.4) is 0 Å². The van der Waals surface area contributed by atoms with Gasteiger partial charge in [0.25, 0.3) is 5.69 Å². The van der Waals surface area contributed by atoms with Crippen LogP contribution < -0.4 is 5.32 Å². The van der Waals surface area contributed by atoms with Gasteiger partial charge in [-0.15, -0.1) is 11.3 Å². The number of nitro benzene ring substituents is 1. The van der Waals surface area contributed by atoms with Gasteiger partial charge in [0, 0.05) is 10.9 Å². The first-order chi connectivity index (χ1) is 9.97. The molecule has 0 fully saturated rings. The van der Waals surface area contributed by atoms with Crippen LogP contribution in [-0.2, 0) is 11.2 Å². The van der Waals surface area contributed by atoms with Gasteiger partial charge in [0.15, 0.2) is 0 Å². The number of nitrogens with zero attached hydrogens (tertiary/aromatic N) is 1. The SMILES string of the molecule is O=C(Cc1cccs1)Nc1ccc(C(=O)O)cc1[N+](=O)[O-]. The number of rotatable bonds is 5. The first kappa shape index (κ1) is 14.7. The summed E-state index contributed by atoms with van der Waals surface area (Å²) < 4.78 is 0. The highest BCUT2D eigenvalue weighted by atomic mass is 32.1. The van der Waals surface area contributed by atoms with Crippen LogP contribution in [-0.4, -0.2) is 21.9 Å². The Morgan fingerprint density at radius 2 is 2.10 bits per heavy atom. The molecule has 21 heavy (non-hydrogen) atoms. The molecule has 0 atom stereocenters. The highest BCUT2D eigenvalue weighted by molar-refractivity contribution is 7.10. The van der Waals surface area contributed by atoms with Crippen LogP contribution in [0.2, 0.25) is 0 Å². The molecule has 1 heterocycles. The lowest BCUT2D eigenvalue weighted by atomic mass is 10.1. The maximum absolute atomic E-state index is 11.8. The number of nitro groups is 1. The van der Waals surface area contributed by atoms with E-state index in [9.17, 15) is 19.7 Å². The number of nitrogens with one attached hydrogen (secondary N) is 1. The van der Waals surface area contributed by atoms with Gasteiger partial charge < -0.3 is 10.4 Å². The van der Waals surface area contributed by atoms with Gasteiger partial charge in [-0.2, -0.15) is 0 Å². The van der Waals surface area contributed by atoms with E-state index in [0.717, 1.165) is 10.9 Å². The predicted octanol–water partition coefficient (Wildman–Crippen LogP) is 2.54. The summed E-state index contributed by atoms with van der Waals surface area (Å²) in [5, 5.41) is 24.0. The van der Waals surface area contributed by atoms with E-state index in [-0.39, 0.29) is 17.7 Å². The zero-order chi connectivity index (χ0) is 15.4. The molecule has 0 bridgehead atoms. The monoisotopic (exact) mass is 306 g/mol. The lowest BCUT2D eigenvalue weighted by Crippen LogP contribution is -2.15. The quantitative estimate of drug-likeness (QED) is 0.651. The number of carboxylic acid groups (broad SMARTS) is 1. The highest BCUT2D eigenvalue weighted by Gasteiger charge is 2.19. The van der Waals surface area contributed by atoms with Crippen LogP contribution in [0.15, 0.2) is 35.7 Å². The molecule has 7 nitrogen and oxygen atoms in total. The molecule has 1 aromatic carbocycles. The Morgan fingerprint density at radius 3 is 2.67 bits per heavy atom. The van der Waals surface area contributed by atoms with E-state index in [2.05, 4.69) is 5.32 Å². The van der Waals surface area contributed by atoms with Gasteiger partial charge in [0.2, 0.25) is 5.91 Å². The Hall–Kier alpha value is -2.74. The van der Waals surface area contributed by atoms with Crippen molar-refractivity contribution >= 4 is 34.6 Å². The molecular weight excluding hydrogens is 296 g/mol. The van der Waals surface area contributed by atoms with Gasteiger partial charge in [-0.1, -0.05) is 6.07 Å². The molecule has 2 N–H and O–H groups in total. The molecule has 2 aromatic rings. The van der Waals surface area contributed by atoms with Crippen molar-refractivity contribution in [3.8, 4) is 0 Å². The lowest BCUT2D eigenvalue weighted by Gasteiger charge is -2.06. The van der Waals surface area contributed by atoms with Gasteiger partial charge in [0.05, 0.1) is 16.9 Å². The highest BCUT2D eigenvalue weighted by Crippen LogP contribution is 2.26. The molecule has 8 heteroatoms. The Morgan fingerprint density at radius 1 is 1.33 bits per heavy atom. The summed E-state index contributed by atoms with van der Waals surface area (Å²) in [5.41, 5.74) is -0.682. The summed E-state index contributed by atoms with van der Waals surface area (Å²) in [5.74, 6) is -1.67.